The zero-order valence-corrected chi connectivity index (χ0v) is 12.5. The lowest BCUT2D eigenvalue weighted by molar-refractivity contribution is -0.0641. The second kappa shape index (κ2) is 5.79. The van der Waals surface area contributed by atoms with E-state index in [2.05, 4.69) is 0 Å². The summed E-state index contributed by atoms with van der Waals surface area (Å²) in [7, 11) is -1.80. The van der Waals surface area contributed by atoms with Crippen molar-refractivity contribution in [3.63, 3.8) is 0 Å². The Bertz CT molecular complexity index is 545. The first-order valence-corrected chi connectivity index (χ1v) is 8.36. The highest BCUT2D eigenvalue weighted by atomic mass is 32.2. The van der Waals surface area contributed by atoms with Crippen LogP contribution in [-0.2, 0) is 24.6 Å². The van der Waals surface area contributed by atoms with Crippen LogP contribution in [0.15, 0.2) is 24.3 Å². The number of halogens is 1. The van der Waals surface area contributed by atoms with Crippen LogP contribution in [-0.4, -0.2) is 27.9 Å². The SMILES string of the molecule is CO[C@]1(c2ccc(F)cc2)CC[C@@H](OS(C)(=O)=O)CC1. The molecule has 1 aromatic carbocycles. The standard InChI is InChI=1S/C14H19FO4S/c1-18-14(11-3-5-12(15)6-4-11)9-7-13(8-10-14)19-20(2,16)17/h3-6,13H,7-10H2,1-2H3/t13-,14-. The number of ether oxygens (including phenoxy) is 1. The lowest BCUT2D eigenvalue weighted by atomic mass is 9.78. The minimum absolute atomic E-state index is 0.283. The summed E-state index contributed by atoms with van der Waals surface area (Å²) < 4.78 is 46.0. The van der Waals surface area contributed by atoms with Gasteiger partial charge >= 0.3 is 0 Å². The highest BCUT2D eigenvalue weighted by molar-refractivity contribution is 7.86. The van der Waals surface area contributed by atoms with Crippen molar-refractivity contribution in [1.29, 1.82) is 0 Å². The van der Waals surface area contributed by atoms with Crippen LogP contribution in [0.4, 0.5) is 4.39 Å². The summed E-state index contributed by atoms with van der Waals surface area (Å²) in [5.74, 6) is -0.283. The zero-order chi connectivity index (χ0) is 14.8. The van der Waals surface area contributed by atoms with Gasteiger partial charge in [0.2, 0.25) is 0 Å². The Morgan fingerprint density at radius 1 is 1.20 bits per heavy atom. The minimum Gasteiger partial charge on any atom is -0.374 e. The summed E-state index contributed by atoms with van der Waals surface area (Å²) in [6, 6.07) is 6.26. The summed E-state index contributed by atoms with van der Waals surface area (Å²) in [4.78, 5) is 0. The van der Waals surface area contributed by atoms with Crippen LogP contribution < -0.4 is 0 Å². The Morgan fingerprint density at radius 2 is 1.75 bits per heavy atom. The number of hydrogen-bond donors (Lipinski definition) is 0. The van der Waals surface area contributed by atoms with E-state index in [9.17, 15) is 12.8 Å². The van der Waals surface area contributed by atoms with Crippen molar-refractivity contribution in [2.45, 2.75) is 37.4 Å². The van der Waals surface area contributed by atoms with Crippen molar-refractivity contribution in [3.8, 4) is 0 Å². The lowest BCUT2D eigenvalue weighted by Gasteiger charge is -2.39. The Morgan fingerprint density at radius 3 is 2.20 bits per heavy atom. The molecule has 6 heteroatoms. The molecule has 2 rings (SSSR count). The smallest absolute Gasteiger partial charge is 0.264 e. The first-order valence-electron chi connectivity index (χ1n) is 6.54. The van der Waals surface area contributed by atoms with Crippen molar-refractivity contribution in [1.82, 2.24) is 0 Å². The predicted octanol–water partition coefficient (Wildman–Crippen LogP) is 2.59. The Labute approximate surface area is 119 Å². The summed E-state index contributed by atoms with van der Waals surface area (Å²) in [6.45, 7) is 0. The molecule has 1 saturated carbocycles. The molecule has 112 valence electrons. The third-order valence-electron chi connectivity index (χ3n) is 3.81. The van der Waals surface area contributed by atoms with Crippen molar-refractivity contribution < 1.29 is 21.7 Å². The van der Waals surface area contributed by atoms with E-state index < -0.39 is 15.7 Å². The van der Waals surface area contributed by atoms with E-state index in [-0.39, 0.29) is 11.9 Å². The van der Waals surface area contributed by atoms with E-state index in [4.69, 9.17) is 8.92 Å². The molecule has 0 aliphatic heterocycles. The van der Waals surface area contributed by atoms with Crippen LogP contribution >= 0.6 is 0 Å². The molecule has 0 bridgehead atoms. The first kappa shape index (κ1) is 15.4. The molecule has 1 aliphatic rings. The highest BCUT2D eigenvalue weighted by Crippen LogP contribution is 2.41. The molecular formula is C14H19FO4S. The molecule has 0 heterocycles. The van der Waals surface area contributed by atoms with E-state index in [0.29, 0.717) is 25.7 Å². The third kappa shape index (κ3) is 3.56. The molecule has 0 amide bonds. The Hall–Kier alpha value is -0.980. The first-order chi connectivity index (χ1) is 9.35. The maximum absolute atomic E-state index is 13.0. The van der Waals surface area contributed by atoms with Crippen LogP contribution in [0.2, 0.25) is 0 Å². The molecule has 1 aromatic rings. The normalized spacial score (nSPS) is 27.4. The summed E-state index contributed by atoms with van der Waals surface area (Å²) in [6.07, 6.45) is 3.25. The number of rotatable bonds is 4. The summed E-state index contributed by atoms with van der Waals surface area (Å²) in [5.41, 5.74) is 0.435. The maximum Gasteiger partial charge on any atom is 0.264 e. The van der Waals surface area contributed by atoms with Gasteiger partial charge in [0, 0.05) is 7.11 Å². The van der Waals surface area contributed by atoms with Gasteiger partial charge in [0.1, 0.15) is 5.82 Å². The van der Waals surface area contributed by atoms with Gasteiger partial charge in [-0.25, -0.2) is 4.39 Å². The van der Waals surface area contributed by atoms with Crippen LogP contribution in [0.5, 0.6) is 0 Å². The fourth-order valence-electron chi connectivity index (χ4n) is 2.77. The largest absolute Gasteiger partial charge is 0.374 e. The van der Waals surface area contributed by atoms with Gasteiger partial charge in [-0.2, -0.15) is 8.42 Å². The monoisotopic (exact) mass is 302 g/mol. The topological polar surface area (TPSA) is 52.6 Å². The van der Waals surface area contributed by atoms with Crippen molar-refractivity contribution in [2.24, 2.45) is 0 Å². The predicted molar refractivity (Wildman–Crippen MR) is 73.3 cm³/mol. The van der Waals surface area contributed by atoms with E-state index in [0.717, 1.165) is 11.8 Å². The second-order valence-electron chi connectivity index (χ2n) is 5.21. The molecule has 0 spiro atoms. The second-order valence-corrected chi connectivity index (χ2v) is 6.81. The minimum atomic E-state index is -3.43. The average Bonchev–Trinajstić information content (AvgIpc) is 2.39. The van der Waals surface area contributed by atoms with Crippen LogP contribution in [0, 0.1) is 5.82 Å². The zero-order valence-electron chi connectivity index (χ0n) is 11.6. The van der Waals surface area contributed by atoms with E-state index >= 15 is 0 Å². The number of benzene rings is 1. The summed E-state index contributed by atoms with van der Waals surface area (Å²) in [5, 5.41) is 0. The molecule has 0 saturated heterocycles. The van der Waals surface area contributed by atoms with Gasteiger partial charge in [0.25, 0.3) is 10.1 Å². The van der Waals surface area contributed by atoms with Gasteiger partial charge in [-0.15, -0.1) is 0 Å². The van der Waals surface area contributed by atoms with Crippen molar-refractivity contribution in [3.05, 3.63) is 35.6 Å². The lowest BCUT2D eigenvalue weighted by Crippen LogP contribution is -2.36. The third-order valence-corrected chi connectivity index (χ3v) is 4.43. The molecule has 4 nitrogen and oxygen atoms in total. The Kier molecular flexibility index (Phi) is 4.46. The van der Waals surface area contributed by atoms with Crippen LogP contribution in [0.1, 0.15) is 31.2 Å². The Balaban J connectivity index is 2.10. The van der Waals surface area contributed by atoms with Crippen LogP contribution in [0.25, 0.3) is 0 Å². The van der Waals surface area contributed by atoms with Gasteiger partial charge < -0.3 is 4.74 Å². The summed E-state index contributed by atoms with van der Waals surface area (Å²) >= 11 is 0. The van der Waals surface area contributed by atoms with Gasteiger partial charge in [-0.05, 0) is 43.4 Å². The van der Waals surface area contributed by atoms with E-state index in [1.54, 1.807) is 19.2 Å². The molecule has 1 aliphatic carbocycles. The molecule has 0 aromatic heterocycles. The molecule has 1 fully saturated rings. The quantitative estimate of drug-likeness (QED) is 0.802. The average molecular weight is 302 g/mol. The van der Waals surface area contributed by atoms with Gasteiger partial charge in [-0.3, -0.25) is 4.18 Å². The molecular weight excluding hydrogens is 283 g/mol. The number of methoxy groups -OCH3 is 1. The van der Waals surface area contributed by atoms with E-state index in [1.165, 1.54) is 12.1 Å². The number of hydrogen-bond acceptors (Lipinski definition) is 4. The highest BCUT2D eigenvalue weighted by Gasteiger charge is 2.38. The van der Waals surface area contributed by atoms with Crippen molar-refractivity contribution >= 4 is 10.1 Å². The molecule has 0 unspecified atom stereocenters. The van der Waals surface area contributed by atoms with Crippen LogP contribution in [0.3, 0.4) is 0 Å². The fraction of sp³-hybridized carbons (Fsp3) is 0.571. The molecule has 0 radical (unpaired) electrons. The van der Waals surface area contributed by atoms with Gasteiger partial charge in [0.15, 0.2) is 0 Å². The van der Waals surface area contributed by atoms with Crippen molar-refractivity contribution in [2.75, 3.05) is 13.4 Å². The van der Waals surface area contributed by atoms with Gasteiger partial charge in [-0.1, -0.05) is 12.1 Å². The molecule has 0 atom stereocenters. The maximum atomic E-state index is 13.0. The van der Waals surface area contributed by atoms with E-state index in [1.807, 2.05) is 0 Å². The fourth-order valence-corrected chi connectivity index (χ4v) is 3.45. The van der Waals surface area contributed by atoms with Gasteiger partial charge in [0.05, 0.1) is 18.0 Å². The molecule has 20 heavy (non-hydrogen) atoms. The molecule has 0 N–H and O–H groups in total.